The molecule has 84 valence electrons. The normalized spacial score (nSPS) is 10.4. The van der Waals surface area contributed by atoms with Crippen LogP contribution >= 0.6 is 31.9 Å². The summed E-state index contributed by atoms with van der Waals surface area (Å²) in [6, 6.07) is 6.01. The van der Waals surface area contributed by atoms with Crippen molar-refractivity contribution in [3.63, 3.8) is 0 Å². The SMILES string of the molecule is Cn1cncc1CNc1c(Br)cccc1Br. The van der Waals surface area contributed by atoms with Gasteiger partial charge in [0.15, 0.2) is 0 Å². The lowest BCUT2D eigenvalue weighted by molar-refractivity contribution is 0.837. The Bertz CT molecular complexity index is 473. The van der Waals surface area contributed by atoms with Crippen LogP contribution < -0.4 is 5.32 Å². The Morgan fingerprint density at radius 2 is 2.00 bits per heavy atom. The fourth-order valence-corrected chi connectivity index (χ4v) is 2.68. The van der Waals surface area contributed by atoms with Crippen molar-refractivity contribution < 1.29 is 0 Å². The Balaban J connectivity index is 2.14. The first-order chi connectivity index (χ1) is 7.68. The molecule has 1 heterocycles. The van der Waals surface area contributed by atoms with Gasteiger partial charge in [-0.15, -0.1) is 0 Å². The smallest absolute Gasteiger partial charge is 0.0946 e. The minimum absolute atomic E-state index is 0.748. The van der Waals surface area contributed by atoms with E-state index in [0.717, 1.165) is 26.9 Å². The van der Waals surface area contributed by atoms with Crippen molar-refractivity contribution in [2.75, 3.05) is 5.32 Å². The maximum absolute atomic E-state index is 4.08. The number of hydrogen-bond acceptors (Lipinski definition) is 2. The largest absolute Gasteiger partial charge is 0.378 e. The first-order valence-electron chi connectivity index (χ1n) is 4.81. The van der Waals surface area contributed by atoms with E-state index in [1.165, 1.54) is 0 Å². The van der Waals surface area contributed by atoms with Crippen LogP contribution in [0.5, 0.6) is 0 Å². The molecule has 0 spiro atoms. The van der Waals surface area contributed by atoms with Crippen molar-refractivity contribution >= 4 is 37.5 Å². The van der Waals surface area contributed by atoms with Crippen molar-refractivity contribution in [3.8, 4) is 0 Å². The van der Waals surface area contributed by atoms with Crippen molar-refractivity contribution in [1.82, 2.24) is 9.55 Å². The van der Waals surface area contributed by atoms with E-state index in [4.69, 9.17) is 0 Å². The number of anilines is 1. The first-order valence-corrected chi connectivity index (χ1v) is 6.40. The molecule has 0 bridgehead atoms. The number of aromatic nitrogens is 2. The van der Waals surface area contributed by atoms with E-state index >= 15 is 0 Å². The lowest BCUT2D eigenvalue weighted by atomic mass is 10.3. The highest BCUT2D eigenvalue weighted by Crippen LogP contribution is 2.30. The average molecular weight is 345 g/mol. The molecule has 16 heavy (non-hydrogen) atoms. The minimum Gasteiger partial charge on any atom is -0.378 e. The molecule has 0 aliphatic rings. The molecular formula is C11H11Br2N3. The maximum atomic E-state index is 4.08. The number of halogens is 2. The predicted octanol–water partition coefficient (Wildman–Crippen LogP) is 3.56. The topological polar surface area (TPSA) is 29.9 Å². The summed E-state index contributed by atoms with van der Waals surface area (Å²) in [6.07, 6.45) is 3.66. The second-order valence-corrected chi connectivity index (χ2v) is 5.15. The van der Waals surface area contributed by atoms with Gasteiger partial charge in [0.05, 0.1) is 24.3 Å². The second-order valence-electron chi connectivity index (χ2n) is 3.45. The van der Waals surface area contributed by atoms with Gasteiger partial charge in [-0.1, -0.05) is 6.07 Å². The summed E-state index contributed by atoms with van der Waals surface area (Å²) in [6.45, 7) is 0.748. The fraction of sp³-hybridized carbons (Fsp3) is 0.182. The summed E-state index contributed by atoms with van der Waals surface area (Å²) < 4.78 is 4.09. The summed E-state index contributed by atoms with van der Waals surface area (Å²) in [5, 5.41) is 3.37. The van der Waals surface area contributed by atoms with Gasteiger partial charge in [-0.25, -0.2) is 4.98 Å². The van der Waals surface area contributed by atoms with E-state index in [9.17, 15) is 0 Å². The number of para-hydroxylation sites is 1. The van der Waals surface area contributed by atoms with Gasteiger partial charge in [-0.05, 0) is 44.0 Å². The number of hydrogen-bond donors (Lipinski definition) is 1. The molecule has 5 heteroatoms. The standard InChI is InChI=1S/C11H11Br2N3/c1-16-7-14-5-8(16)6-15-11-9(12)3-2-4-10(11)13/h2-5,7,15H,6H2,1H3. The van der Waals surface area contributed by atoms with E-state index in [2.05, 4.69) is 42.2 Å². The van der Waals surface area contributed by atoms with E-state index in [1.807, 2.05) is 36.0 Å². The highest BCUT2D eigenvalue weighted by Gasteiger charge is 2.05. The van der Waals surface area contributed by atoms with Gasteiger partial charge in [-0.2, -0.15) is 0 Å². The lowest BCUT2D eigenvalue weighted by Gasteiger charge is -2.10. The molecular weight excluding hydrogens is 334 g/mol. The van der Waals surface area contributed by atoms with Gasteiger partial charge in [-0.3, -0.25) is 0 Å². The zero-order valence-electron chi connectivity index (χ0n) is 8.74. The molecule has 0 radical (unpaired) electrons. The summed E-state index contributed by atoms with van der Waals surface area (Å²) in [5.74, 6) is 0. The van der Waals surface area contributed by atoms with Gasteiger partial charge in [0.2, 0.25) is 0 Å². The Morgan fingerprint density at radius 3 is 2.56 bits per heavy atom. The van der Waals surface area contributed by atoms with E-state index in [0.29, 0.717) is 0 Å². The monoisotopic (exact) mass is 343 g/mol. The molecule has 0 unspecified atom stereocenters. The van der Waals surface area contributed by atoms with Crippen LogP contribution in [0.15, 0.2) is 39.7 Å². The van der Waals surface area contributed by atoms with Gasteiger partial charge in [0.1, 0.15) is 0 Å². The molecule has 2 rings (SSSR count). The average Bonchev–Trinajstić information content (AvgIpc) is 2.64. The number of nitrogens with one attached hydrogen (secondary N) is 1. The Hall–Kier alpha value is -0.810. The van der Waals surface area contributed by atoms with Crippen LogP contribution in [0.3, 0.4) is 0 Å². The predicted molar refractivity (Wildman–Crippen MR) is 72.4 cm³/mol. The number of rotatable bonds is 3. The molecule has 3 nitrogen and oxygen atoms in total. The molecule has 0 amide bonds. The van der Waals surface area contributed by atoms with Crippen LogP contribution in [-0.2, 0) is 13.6 Å². The van der Waals surface area contributed by atoms with Crippen LogP contribution in [-0.4, -0.2) is 9.55 Å². The summed E-state index contributed by atoms with van der Waals surface area (Å²) >= 11 is 7.03. The number of benzene rings is 1. The third-order valence-corrected chi connectivity index (χ3v) is 3.65. The van der Waals surface area contributed by atoms with Crippen LogP contribution in [0, 0.1) is 0 Å². The van der Waals surface area contributed by atoms with Crippen molar-refractivity contribution in [3.05, 3.63) is 45.4 Å². The van der Waals surface area contributed by atoms with Gasteiger partial charge in [0.25, 0.3) is 0 Å². The third kappa shape index (κ3) is 2.47. The van der Waals surface area contributed by atoms with Crippen LogP contribution in [0.2, 0.25) is 0 Å². The molecule has 0 saturated heterocycles. The van der Waals surface area contributed by atoms with Crippen molar-refractivity contribution in [2.45, 2.75) is 6.54 Å². The third-order valence-electron chi connectivity index (χ3n) is 2.33. The number of imidazole rings is 1. The highest BCUT2D eigenvalue weighted by atomic mass is 79.9. The quantitative estimate of drug-likeness (QED) is 0.922. The Morgan fingerprint density at radius 1 is 1.31 bits per heavy atom. The molecule has 0 saturated carbocycles. The highest BCUT2D eigenvalue weighted by molar-refractivity contribution is 9.11. The second kappa shape index (κ2) is 5.01. The molecule has 1 aromatic heterocycles. The number of nitrogens with zero attached hydrogens (tertiary/aromatic N) is 2. The van der Waals surface area contributed by atoms with Crippen LogP contribution in [0.1, 0.15) is 5.69 Å². The zero-order valence-corrected chi connectivity index (χ0v) is 11.9. The summed E-state index contributed by atoms with van der Waals surface area (Å²) in [7, 11) is 1.99. The Kier molecular flexibility index (Phi) is 3.66. The zero-order chi connectivity index (χ0) is 11.5. The van der Waals surface area contributed by atoms with Crippen molar-refractivity contribution in [2.24, 2.45) is 7.05 Å². The summed E-state index contributed by atoms with van der Waals surface area (Å²) in [4.78, 5) is 4.08. The van der Waals surface area contributed by atoms with Crippen molar-refractivity contribution in [1.29, 1.82) is 0 Å². The minimum atomic E-state index is 0.748. The van der Waals surface area contributed by atoms with E-state index in [1.54, 1.807) is 6.33 Å². The van der Waals surface area contributed by atoms with Crippen LogP contribution in [0.25, 0.3) is 0 Å². The molecule has 0 fully saturated rings. The van der Waals surface area contributed by atoms with Gasteiger partial charge < -0.3 is 9.88 Å². The fourth-order valence-electron chi connectivity index (χ4n) is 1.40. The first kappa shape index (κ1) is 11.7. The molecule has 0 aliphatic heterocycles. The van der Waals surface area contributed by atoms with Gasteiger partial charge >= 0.3 is 0 Å². The number of aryl methyl sites for hydroxylation is 1. The Labute approximate surface area is 111 Å². The van der Waals surface area contributed by atoms with Gasteiger partial charge in [0, 0.05) is 22.2 Å². The lowest BCUT2D eigenvalue weighted by Crippen LogP contribution is -2.04. The molecule has 0 aliphatic carbocycles. The van der Waals surface area contributed by atoms with E-state index in [-0.39, 0.29) is 0 Å². The molecule has 2 aromatic rings. The van der Waals surface area contributed by atoms with E-state index < -0.39 is 0 Å². The molecule has 0 atom stereocenters. The summed E-state index contributed by atoms with van der Waals surface area (Å²) in [5.41, 5.74) is 2.20. The molecule has 1 aromatic carbocycles. The molecule has 1 N–H and O–H groups in total. The van der Waals surface area contributed by atoms with Crippen LogP contribution in [0.4, 0.5) is 5.69 Å². The maximum Gasteiger partial charge on any atom is 0.0946 e.